The molecule has 2 rings (SSSR count). The average Bonchev–Trinajstić information content (AvgIpc) is 2.74. The Morgan fingerprint density at radius 1 is 0.727 bits per heavy atom. The van der Waals surface area contributed by atoms with Crippen molar-refractivity contribution >= 4 is 24.0 Å². The first kappa shape index (κ1) is 26.1. The van der Waals surface area contributed by atoms with Crippen molar-refractivity contribution in [2.75, 3.05) is 6.54 Å². The van der Waals surface area contributed by atoms with E-state index in [0.717, 1.165) is 11.1 Å². The van der Waals surface area contributed by atoms with Crippen LogP contribution < -0.4 is 10.6 Å². The molecule has 0 heterocycles. The van der Waals surface area contributed by atoms with Crippen molar-refractivity contribution in [3.63, 3.8) is 0 Å². The van der Waals surface area contributed by atoms with Gasteiger partial charge >= 0.3 is 0 Å². The minimum Gasteiger partial charge on any atom is -0.351 e. The van der Waals surface area contributed by atoms with Crippen LogP contribution in [0.3, 0.4) is 0 Å². The minimum absolute atomic E-state index is 0.103. The first-order valence-electron chi connectivity index (χ1n) is 11.5. The second-order valence-electron chi connectivity index (χ2n) is 10.6. The van der Waals surface area contributed by atoms with Crippen molar-refractivity contribution in [1.82, 2.24) is 10.6 Å². The summed E-state index contributed by atoms with van der Waals surface area (Å²) in [6, 6.07) is 16.2. The van der Waals surface area contributed by atoms with E-state index in [9.17, 15) is 9.59 Å². The summed E-state index contributed by atoms with van der Waals surface area (Å²) < 4.78 is 0. The smallest absolute Gasteiger partial charge is 0.244 e. The summed E-state index contributed by atoms with van der Waals surface area (Å²) >= 11 is 0. The molecule has 2 aromatic carbocycles. The highest BCUT2D eigenvalue weighted by molar-refractivity contribution is 5.93. The molecular formula is C29H38N2O2. The van der Waals surface area contributed by atoms with Gasteiger partial charge in [-0.3, -0.25) is 9.59 Å². The predicted molar refractivity (Wildman–Crippen MR) is 139 cm³/mol. The maximum atomic E-state index is 12.2. The Hall–Kier alpha value is -3.14. The number of amides is 2. The standard InChI is InChI=1S/C29H38N2O2/c1-21(31-27(33)19-13-23-10-16-25(17-11-23)29(5,6)7)20-30-26(32)18-12-22-8-14-24(15-9-22)28(2,3)4/h8-19,21H,20H2,1-7H3,(H,30,32)(H,31,33)/b18-12+,19-13-/t21-/m1/s1. The van der Waals surface area contributed by atoms with Crippen molar-refractivity contribution in [2.24, 2.45) is 0 Å². The Morgan fingerprint density at radius 3 is 1.52 bits per heavy atom. The molecule has 0 spiro atoms. The van der Waals surface area contributed by atoms with Crippen molar-refractivity contribution < 1.29 is 9.59 Å². The number of carbonyl (C=O) groups is 2. The first-order chi connectivity index (χ1) is 15.3. The number of benzene rings is 2. The van der Waals surface area contributed by atoms with Crippen LogP contribution in [0.4, 0.5) is 0 Å². The van der Waals surface area contributed by atoms with Crippen LogP contribution >= 0.6 is 0 Å². The highest BCUT2D eigenvalue weighted by Gasteiger charge is 2.13. The first-order valence-corrected chi connectivity index (χ1v) is 11.5. The molecule has 0 aliphatic rings. The van der Waals surface area contributed by atoms with Gasteiger partial charge in [0.1, 0.15) is 0 Å². The van der Waals surface area contributed by atoms with Gasteiger partial charge in [-0.15, -0.1) is 0 Å². The number of rotatable bonds is 7. The van der Waals surface area contributed by atoms with E-state index in [2.05, 4.69) is 76.4 Å². The molecule has 4 heteroatoms. The molecule has 2 N–H and O–H groups in total. The minimum atomic E-state index is -0.189. The van der Waals surface area contributed by atoms with E-state index >= 15 is 0 Å². The lowest BCUT2D eigenvalue weighted by atomic mass is 9.87. The zero-order valence-electron chi connectivity index (χ0n) is 21.0. The van der Waals surface area contributed by atoms with Crippen molar-refractivity contribution in [3.05, 3.63) is 82.9 Å². The Labute approximate surface area is 199 Å². The summed E-state index contributed by atoms with van der Waals surface area (Å²) in [5, 5.41) is 5.69. The van der Waals surface area contributed by atoms with E-state index in [-0.39, 0.29) is 28.7 Å². The molecule has 2 aromatic rings. The van der Waals surface area contributed by atoms with Gasteiger partial charge in [0.2, 0.25) is 11.8 Å². The molecule has 1 atom stereocenters. The van der Waals surface area contributed by atoms with E-state index in [0.29, 0.717) is 6.54 Å². The van der Waals surface area contributed by atoms with E-state index in [1.807, 2.05) is 31.2 Å². The SMILES string of the molecule is C[C@H](CNC(=O)/C=C/c1ccc(C(C)(C)C)cc1)NC(=O)/C=C\c1ccc(C(C)(C)C)cc1. The van der Waals surface area contributed by atoms with E-state index in [4.69, 9.17) is 0 Å². The molecule has 0 saturated heterocycles. The van der Waals surface area contributed by atoms with Crippen LogP contribution in [0.1, 0.15) is 70.7 Å². The highest BCUT2D eigenvalue weighted by atomic mass is 16.2. The lowest BCUT2D eigenvalue weighted by Crippen LogP contribution is -2.40. The predicted octanol–water partition coefficient (Wildman–Crippen LogP) is 5.63. The largest absolute Gasteiger partial charge is 0.351 e. The normalized spacial score (nSPS) is 13.3. The molecule has 0 saturated carbocycles. The number of nitrogens with one attached hydrogen (secondary N) is 2. The second kappa shape index (κ2) is 11.1. The van der Waals surface area contributed by atoms with Gasteiger partial charge in [0.25, 0.3) is 0 Å². The van der Waals surface area contributed by atoms with Gasteiger partial charge < -0.3 is 10.6 Å². The summed E-state index contributed by atoms with van der Waals surface area (Å²) in [4.78, 5) is 24.3. The van der Waals surface area contributed by atoms with Crippen LogP contribution in [0, 0.1) is 0 Å². The zero-order chi connectivity index (χ0) is 24.6. The summed E-state index contributed by atoms with van der Waals surface area (Å²) in [6.07, 6.45) is 6.62. The van der Waals surface area contributed by atoms with Crippen LogP contribution in [0.5, 0.6) is 0 Å². The molecule has 0 unspecified atom stereocenters. The fraction of sp³-hybridized carbons (Fsp3) is 0.379. The van der Waals surface area contributed by atoms with Gasteiger partial charge in [-0.05, 0) is 52.2 Å². The van der Waals surface area contributed by atoms with Crippen LogP contribution in [0.25, 0.3) is 12.2 Å². The van der Waals surface area contributed by atoms with Gasteiger partial charge in [0.05, 0.1) is 0 Å². The van der Waals surface area contributed by atoms with Crippen LogP contribution in [0.2, 0.25) is 0 Å². The molecule has 0 aliphatic carbocycles. The molecule has 4 nitrogen and oxygen atoms in total. The van der Waals surface area contributed by atoms with E-state index < -0.39 is 0 Å². The maximum Gasteiger partial charge on any atom is 0.244 e. The van der Waals surface area contributed by atoms with Gasteiger partial charge in [0.15, 0.2) is 0 Å². The molecule has 176 valence electrons. The zero-order valence-corrected chi connectivity index (χ0v) is 21.0. The molecule has 0 radical (unpaired) electrons. The lowest BCUT2D eigenvalue weighted by Gasteiger charge is -2.18. The summed E-state index contributed by atoms with van der Waals surface area (Å²) in [5.74, 6) is -0.378. The summed E-state index contributed by atoms with van der Waals surface area (Å²) in [5.41, 5.74) is 4.66. The topological polar surface area (TPSA) is 58.2 Å². The molecule has 0 fully saturated rings. The average molecular weight is 447 g/mol. The Bertz CT molecular complexity index is 986. The lowest BCUT2D eigenvalue weighted by molar-refractivity contribution is -0.118. The molecule has 33 heavy (non-hydrogen) atoms. The van der Waals surface area contributed by atoms with Crippen molar-refractivity contribution in [2.45, 2.75) is 65.3 Å². The molecule has 2 amide bonds. The van der Waals surface area contributed by atoms with Crippen LogP contribution in [-0.4, -0.2) is 24.4 Å². The molecule has 0 aliphatic heterocycles. The quantitative estimate of drug-likeness (QED) is 0.542. The number of carbonyl (C=O) groups excluding carboxylic acids is 2. The van der Waals surface area contributed by atoms with E-state index in [1.54, 1.807) is 12.2 Å². The summed E-state index contributed by atoms with van der Waals surface area (Å²) in [7, 11) is 0. The van der Waals surface area contributed by atoms with Crippen molar-refractivity contribution in [3.8, 4) is 0 Å². The third-order valence-corrected chi connectivity index (χ3v) is 5.38. The summed E-state index contributed by atoms with van der Waals surface area (Å²) in [6.45, 7) is 15.2. The van der Waals surface area contributed by atoms with E-state index in [1.165, 1.54) is 23.3 Å². The van der Waals surface area contributed by atoms with Crippen molar-refractivity contribution in [1.29, 1.82) is 0 Å². The fourth-order valence-electron chi connectivity index (χ4n) is 3.19. The van der Waals surface area contributed by atoms with Gasteiger partial charge in [-0.2, -0.15) is 0 Å². The maximum absolute atomic E-state index is 12.2. The fourth-order valence-corrected chi connectivity index (χ4v) is 3.19. The monoisotopic (exact) mass is 446 g/mol. The third kappa shape index (κ3) is 9.09. The Balaban J connectivity index is 1.78. The molecular weight excluding hydrogens is 408 g/mol. The third-order valence-electron chi connectivity index (χ3n) is 5.38. The van der Waals surface area contributed by atoms with Gasteiger partial charge in [-0.1, -0.05) is 90.1 Å². The van der Waals surface area contributed by atoms with Gasteiger partial charge in [0, 0.05) is 24.7 Å². The van der Waals surface area contributed by atoms with Crippen LogP contribution in [-0.2, 0) is 20.4 Å². The Morgan fingerprint density at radius 2 is 1.12 bits per heavy atom. The van der Waals surface area contributed by atoms with Crippen LogP contribution in [0.15, 0.2) is 60.7 Å². The second-order valence-corrected chi connectivity index (χ2v) is 10.6. The Kier molecular flexibility index (Phi) is 8.81. The molecule has 0 aromatic heterocycles. The highest BCUT2D eigenvalue weighted by Crippen LogP contribution is 2.23. The molecule has 0 bridgehead atoms. The number of hydrogen-bond donors (Lipinski definition) is 2. The number of hydrogen-bond acceptors (Lipinski definition) is 2. The van der Waals surface area contributed by atoms with Gasteiger partial charge in [-0.25, -0.2) is 0 Å².